The number of aromatic nitrogens is 2. The Hall–Kier alpha value is -3.35. The van der Waals surface area contributed by atoms with Gasteiger partial charge in [0.1, 0.15) is 23.5 Å². The van der Waals surface area contributed by atoms with Crippen molar-refractivity contribution < 1.29 is 22.3 Å². The van der Waals surface area contributed by atoms with Crippen LogP contribution >= 0.6 is 0 Å². The number of benzene rings is 1. The molecule has 41 heavy (non-hydrogen) atoms. The van der Waals surface area contributed by atoms with Gasteiger partial charge in [-0.15, -0.1) is 0 Å². The van der Waals surface area contributed by atoms with E-state index < -0.39 is 21.3 Å². The minimum Gasteiger partial charge on any atom is -0.475 e. The molecule has 1 aliphatic carbocycles. The van der Waals surface area contributed by atoms with Crippen molar-refractivity contribution >= 4 is 38.2 Å². The molecule has 4 heterocycles. The predicted octanol–water partition coefficient (Wildman–Crippen LogP) is 3.27. The third-order valence-electron chi connectivity index (χ3n) is 8.38. The first-order chi connectivity index (χ1) is 19.5. The Morgan fingerprint density at radius 1 is 1.17 bits per heavy atom. The van der Waals surface area contributed by atoms with E-state index in [9.17, 15) is 13.2 Å². The number of carbonyl (C=O) groups excluding carboxylic acids is 1. The average Bonchev–Trinajstić information content (AvgIpc) is 3.07. The van der Waals surface area contributed by atoms with E-state index in [1.165, 1.54) is 24.8 Å². The zero-order chi connectivity index (χ0) is 29.1. The molecule has 1 aromatic carbocycles. The molecule has 12 heteroatoms. The van der Waals surface area contributed by atoms with E-state index in [1.54, 1.807) is 24.2 Å². The van der Waals surface area contributed by atoms with Gasteiger partial charge < -0.3 is 15.0 Å². The van der Waals surface area contributed by atoms with Crippen molar-refractivity contribution in [1.82, 2.24) is 20.2 Å². The number of nitrogens with zero attached hydrogens (tertiary/aromatic N) is 4. The first kappa shape index (κ1) is 27.8. The van der Waals surface area contributed by atoms with Gasteiger partial charge in [0.05, 0.1) is 23.7 Å². The van der Waals surface area contributed by atoms with E-state index in [-0.39, 0.29) is 35.7 Å². The lowest BCUT2D eigenvalue weighted by molar-refractivity contribution is -0.131. The Kier molecular flexibility index (Phi) is 6.90. The van der Waals surface area contributed by atoms with E-state index in [2.05, 4.69) is 24.9 Å². The van der Waals surface area contributed by atoms with Crippen LogP contribution in [0, 0.1) is 5.82 Å². The highest BCUT2D eigenvalue weighted by molar-refractivity contribution is 7.92. The fourth-order valence-corrected chi connectivity index (χ4v) is 6.70. The number of pyridine rings is 2. The van der Waals surface area contributed by atoms with Gasteiger partial charge in [-0.2, -0.15) is 0 Å². The second kappa shape index (κ2) is 10.2. The van der Waals surface area contributed by atoms with Crippen LogP contribution in [-0.2, 0) is 20.2 Å². The highest BCUT2D eigenvalue weighted by atomic mass is 32.2. The number of anilines is 2. The largest absolute Gasteiger partial charge is 0.475 e. The standard InChI is InChI=1S/C29H35FN6O4S/c1-17(2)31-8-9-40-27-24(34-41(4,38)39)10-18(13-33-27)20-11-21-23(12-22(20)30)32-14-25-26(21)29(28(37)35(25)3)15-36(16-29)19-6-5-7-19/h10-14,17,19,31,34H,5-9,15-16H2,1-4H3. The Morgan fingerprint density at radius 2 is 1.93 bits per heavy atom. The highest BCUT2D eigenvalue weighted by Crippen LogP contribution is 2.51. The van der Waals surface area contributed by atoms with Crippen molar-refractivity contribution in [2.45, 2.75) is 50.6 Å². The lowest BCUT2D eigenvalue weighted by Crippen LogP contribution is -2.67. The molecular formula is C29H35FN6O4S. The Bertz CT molecular complexity index is 1640. The summed E-state index contributed by atoms with van der Waals surface area (Å²) in [5.41, 5.74) is 2.13. The van der Waals surface area contributed by atoms with Crippen LogP contribution in [-0.4, -0.2) is 80.8 Å². The van der Waals surface area contributed by atoms with Crippen LogP contribution in [0.25, 0.3) is 22.0 Å². The van der Waals surface area contributed by atoms with Crippen LogP contribution in [0.5, 0.6) is 5.88 Å². The number of hydrogen-bond acceptors (Lipinski definition) is 8. The molecule has 218 valence electrons. The molecule has 0 unspecified atom stereocenters. The SMILES string of the molecule is CC(C)NCCOc1ncc(-c2cc3c4c(cnc3cc2F)N(C)C(=O)C42CN(C3CCC3)C2)cc1NS(C)(=O)=O. The van der Waals surface area contributed by atoms with Gasteiger partial charge in [0, 0.05) is 73.1 Å². The number of likely N-dealkylation sites (N-methyl/N-ethyl adjacent to an activating group) is 1. The van der Waals surface area contributed by atoms with E-state index in [1.807, 2.05) is 13.8 Å². The van der Waals surface area contributed by atoms with Gasteiger partial charge in [-0.25, -0.2) is 17.8 Å². The third-order valence-corrected chi connectivity index (χ3v) is 8.97. The van der Waals surface area contributed by atoms with Crippen molar-refractivity contribution in [3.8, 4) is 17.0 Å². The lowest BCUT2D eigenvalue weighted by atomic mass is 9.71. The molecule has 6 rings (SSSR count). The molecule has 2 aliphatic heterocycles. The number of ether oxygens (including phenoxy) is 1. The molecular weight excluding hydrogens is 547 g/mol. The summed E-state index contributed by atoms with van der Waals surface area (Å²) in [6.45, 7) is 6.12. The van der Waals surface area contributed by atoms with E-state index in [4.69, 9.17) is 4.74 Å². The second-order valence-corrected chi connectivity index (χ2v) is 13.5. The highest BCUT2D eigenvalue weighted by Gasteiger charge is 2.59. The van der Waals surface area contributed by atoms with E-state index in [0.717, 1.165) is 30.3 Å². The van der Waals surface area contributed by atoms with Crippen LogP contribution in [0.4, 0.5) is 15.8 Å². The molecule has 0 atom stereocenters. The van der Waals surface area contributed by atoms with Crippen LogP contribution in [0.15, 0.2) is 30.6 Å². The summed E-state index contributed by atoms with van der Waals surface area (Å²) in [4.78, 5) is 26.5. The van der Waals surface area contributed by atoms with Crippen LogP contribution in [0.1, 0.15) is 38.7 Å². The number of likely N-dealkylation sites (tertiary alicyclic amines) is 1. The molecule has 1 spiro atoms. The van der Waals surface area contributed by atoms with Gasteiger partial charge in [0.15, 0.2) is 0 Å². The minimum absolute atomic E-state index is 0.0398. The van der Waals surface area contributed by atoms with Gasteiger partial charge in [0.2, 0.25) is 21.8 Å². The minimum atomic E-state index is -3.67. The molecule has 0 radical (unpaired) electrons. The maximum atomic E-state index is 15.6. The predicted molar refractivity (Wildman–Crippen MR) is 156 cm³/mol. The van der Waals surface area contributed by atoms with Crippen molar-refractivity contribution in [2.24, 2.45) is 0 Å². The monoisotopic (exact) mass is 582 g/mol. The van der Waals surface area contributed by atoms with Crippen molar-refractivity contribution in [2.75, 3.05) is 49.2 Å². The molecule has 1 amide bonds. The van der Waals surface area contributed by atoms with Gasteiger partial charge in [-0.1, -0.05) is 20.3 Å². The maximum Gasteiger partial charge on any atom is 0.240 e. The number of amides is 1. The molecule has 1 saturated carbocycles. The number of fused-ring (bicyclic) bond motifs is 4. The molecule has 3 aliphatic rings. The fraction of sp³-hybridized carbons (Fsp3) is 0.483. The summed E-state index contributed by atoms with van der Waals surface area (Å²) in [5.74, 6) is -0.383. The summed E-state index contributed by atoms with van der Waals surface area (Å²) >= 11 is 0. The molecule has 2 fully saturated rings. The van der Waals surface area contributed by atoms with Crippen LogP contribution in [0.2, 0.25) is 0 Å². The summed E-state index contributed by atoms with van der Waals surface area (Å²) < 4.78 is 48.0. The number of nitrogens with one attached hydrogen (secondary N) is 2. The van der Waals surface area contributed by atoms with Gasteiger partial charge in [-0.3, -0.25) is 19.4 Å². The molecule has 3 aromatic rings. The van der Waals surface area contributed by atoms with Gasteiger partial charge in [0.25, 0.3) is 0 Å². The zero-order valence-electron chi connectivity index (χ0n) is 23.7. The topological polar surface area (TPSA) is 117 Å². The number of rotatable bonds is 9. The summed E-state index contributed by atoms with van der Waals surface area (Å²) in [7, 11) is -1.90. The normalized spacial score (nSPS) is 18.6. The molecule has 2 N–H and O–H groups in total. The summed E-state index contributed by atoms with van der Waals surface area (Å²) in [5, 5.41) is 3.94. The first-order valence-corrected chi connectivity index (χ1v) is 15.9. The quantitative estimate of drug-likeness (QED) is 0.370. The van der Waals surface area contributed by atoms with Crippen LogP contribution < -0.4 is 19.7 Å². The van der Waals surface area contributed by atoms with Gasteiger partial charge >= 0.3 is 0 Å². The molecule has 0 bridgehead atoms. The van der Waals surface area contributed by atoms with Crippen molar-refractivity contribution in [1.29, 1.82) is 0 Å². The molecule has 2 aromatic heterocycles. The maximum absolute atomic E-state index is 15.6. The van der Waals surface area contributed by atoms with Crippen LogP contribution in [0.3, 0.4) is 0 Å². The smallest absolute Gasteiger partial charge is 0.240 e. The third kappa shape index (κ3) is 4.91. The van der Waals surface area contributed by atoms with Crippen molar-refractivity contribution in [3.63, 3.8) is 0 Å². The molecule has 10 nitrogen and oxygen atoms in total. The van der Waals surface area contributed by atoms with E-state index >= 15 is 4.39 Å². The number of halogens is 1. The second-order valence-electron chi connectivity index (χ2n) is 11.7. The number of hydrogen-bond donors (Lipinski definition) is 2. The van der Waals surface area contributed by atoms with Gasteiger partial charge in [-0.05, 0) is 25.0 Å². The first-order valence-electron chi connectivity index (χ1n) is 14.0. The Labute approximate surface area is 239 Å². The summed E-state index contributed by atoms with van der Waals surface area (Å²) in [6.07, 6.45) is 7.69. The molecule has 1 saturated heterocycles. The lowest BCUT2D eigenvalue weighted by Gasteiger charge is -2.53. The Balaban J connectivity index is 1.40. The van der Waals surface area contributed by atoms with E-state index in [0.29, 0.717) is 42.1 Å². The number of carbonyl (C=O) groups is 1. The average molecular weight is 583 g/mol. The fourth-order valence-electron chi connectivity index (χ4n) is 6.15. The number of sulfonamides is 1. The van der Waals surface area contributed by atoms with Crippen molar-refractivity contribution in [3.05, 3.63) is 42.0 Å². The summed E-state index contributed by atoms with van der Waals surface area (Å²) in [6, 6.07) is 5.40. The Morgan fingerprint density at radius 3 is 2.59 bits per heavy atom. The zero-order valence-corrected chi connectivity index (χ0v) is 24.5.